The Morgan fingerprint density at radius 3 is 2.62 bits per heavy atom. The van der Waals surface area contributed by atoms with Gasteiger partial charge in [0.1, 0.15) is 5.25 Å². The van der Waals surface area contributed by atoms with Crippen LogP contribution in [0.3, 0.4) is 0 Å². The van der Waals surface area contributed by atoms with Crippen molar-refractivity contribution < 1.29 is 32.2 Å². The number of thioether (sulfide) groups is 1. The van der Waals surface area contributed by atoms with Gasteiger partial charge in [-0.1, -0.05) is 18.2 Å². The first-order valence-corrected chi connectivity index (χ1v) is 10.9. The number of halogens is 3. The van der Waals surface area contributed by atoms with Crippen LogP contribution in [0.15, 0.2) is 47.4 Å². The largest absolute Gasteiger partial charge is 0.455 e. The van der Waals surface area contributed by atoms with E-state index in [1.54, 1.807) is 0 Å². The molecule has 2 aliphatic rings. The van der Waals surface area contributed by atoms with Gasteiger partial charge >= 0.3 is 12.1 Å². The number of nitrogens with zero attached hydrogens (tertiary/aromatic N) is 1. The van der Waals surface area contributed by atoms with E-state index >= 15 is 0 Å². The minimum atomic E-state index is -4.55. The van der Waals surface area contributed by atoms with E-state index in [1.165, 1.54) is 17.8 Å². The first-order chi connectivity index (χ1) is 15.3. The summed E-state index contributed by atoms with van der Waals surface area (Å²) in [5.74, 6) is -1.23. The molecule has 1 amide bonds. The standard InChI is InChI=1S/C22H21F3N2O4S/c23-22(24,25)15-5-6-17(27-7-9-30-10-8-27)16(12-15)26-20(28)13-31-21(29)19-11-14-3-1-2-4-18(14)32-19/h1-6,12,19H,7-11,13H2,(H,26,28). The fourth-order valence-corrected chi connectivity index (χ4v) is 4.82. The number of carbonyl (C=O) groups is 2. The number of nitrogens with one attached hydrogen (secondary N) is 1. The smallest absolute Gasteiger partial charge is 0.416 e. The average Bonchev–Trinajstić information content (AvgIpc) is 3.22. The Morgan fingerprint density at radius 1 is 1.16 bits per heavy atom. The van der Waals surface area contributed by atoms with E-state index in [4.69, 9.17) is 9.47 Å². The fraction of sp³-hybridized carbons (Fsp3) is 0.364. The van der Waals surface area contributed by atoms with Crippen LogP contribution in [0.1, 0.15) is 11.1 Å². The monoisotopic (exact) mass is 466 g/mol. The third-order valence-electron chi connectivity index (χ3n) is 5.21. The van der Waals surface area contributed by atoms with E-state index in [9.17, 15) is 22.8 Å². The Balaban J connectivity index is 1.41. The number of carbonyl (C=O) groups excluding carboxylic acids is 2. The first kappa shape index (κ1) is 22.5. The SMILES string of the molecule is O=C(COC(=O)C1Cc2ccccc2S1)Nc1cc(C(F)(F)F)ccc1N1CCOCC1. The topological polar surface area (TPSA) is 67.9 Å². The van der Waals surface area contributed by atoms with Crippen molar-refractivity contribution in [3.8, 4) is 0 Å². The van der Waals surface area contributed by atoms with Crippen molar-refractivity contribution >= 4 is 35.0 Å². The van der Waals surface area contributed by atoms with Gasteiger partial charge in [-0.3, -0.25) is 9.59 Å². The second-order valence-corrected chi connectivity index (χ2v) is 8.65. The molecule has 0 spiro atoms. The number of morpholine rings is 1. The van der Waals surface area contributed by atoms with Gasteiger partial charge in [-0.25, -0.2) is 0 Å². The lowest BCUT2D eigenvalue weighted by Gasteiger charge is -2.31. The minimum absolute atomic E-state index is 0.0189. The molecule has 1 N–H and O–H groups in total. The Morgan fingerprint density at radius 2 is 1.91 bits per heavy atom. The molecular formula is C22H21F3N2O4S. The van der Waals surface area contributed by atoms with Crippen LogP contribution < -0.4 is 10.2 Å². The molecule has 10 heteroatoms. The molecule has 1 atom stereocenters. The molecule has 0 aliphatic carbocycles. The lowest BCUT2D eigenvalue weighted by molar-refractivity contribution is -0.146. The molecule has 1 unspecified atom stereocenters. The van der Waals surface area contributed by atoms with Gasteiger partial charge < -0.3 is 19.7 Å². The summed E-state index contributed by atoms with van der Waals surface area (Å²) in [6, 6.07) is 10.8. The van der Waals surface area contributed by atoms with Crippen LogP contribution in [0.5, 0.6) is 0 Å². The van der Waals surface area contributed by atoms with Crippen LogP contribution in [0.4, 0.5) is 24.5 Å². The number of fused-ring (bicyclic) bond motifs is 1. The normalized spacial score (nSPS) is 18.2. The second kappa shape index (κ2) is 9.41. The Kier molecular flexibility index (Phi) is 6.61. The van der Waals surface area contributed by atoms with Gasteiger partial charge in [0.15, 0.2) is 6.61 Å². The lowest BCUT2D eigenvalue weighted by atomic mass is 10.1. The Bertz CT molecular complexity index is 984. The summed E-state index contributed by atoms with van der Waals surface area (Å²) in [7, 11) is 0. The van der Waals surface area contributed by atoms with Gasteiger partial charge in [-0.05, 0) is 36.2 Å². The van der Waals surface area contributed by atoms with Crippen LogP contribution in [0.25, 0.3) is 0 Å². The molecule has 2 aromatic carbocycles. The highest BCUT2D eigenvalue weighted by Gasteiger charge is 2.32. The Hall–Kier alpha value is -2.72. The van der Waals surface area contributed by atoms with Crippen molar-refractivity contribution in [2.75, 3.05) is 43.1 Å². The first-order valence-electron chi connectivity index (χ1n) is 10.1. The predicted octanol–water partition coefficient (Wildman–Crippen LogP) is 3.74. The van der Waals surface area contributed by atoms with E-state index in [2.05, 4.69) is 5.32 Å². The molecule has 6 nitrogen and oxygen atoms in total. The van der Waals surface area contributed by atoms with Crippen LogP contribution in [-0.4, -0.2) is 50.0 Å². The fourth-order valence-electron chi connectivity index (χ4n) is 3.62. The molecule has 0 aromatic heterocycles. The molecule has 2 aromatic rings. The summed E-state index contributed by atoms with van der Waals surface area (Å²) >= 11 is 1.38. The van der Waals surface area contributed by atoms with Gasteiger partial charge in [0.25, 0.3) is 5.91 Å². The molecule has 0 bridgehead atoms. The zero-order valence-electron chi connectivity index (χ0n) is 17.0. The van der Waals surface area contributed by atoms with E-state index in [1.807, 2.05) is 29.2 Å². The highest BCUT2D eigenvalue weighted by molar-refractivity contribution is 8.01. The number of rotatable bonds is 5. The van der Waals surface area contributed by atoms with Crippen molar-refractivity contribution in [2.45, 2.75) is 22.7 Å². The average molecular weight is 466 g/mol. The maximum atomic E-state index is 13.2. The number of ether oxygens (including phenoxy) is 2. The maximum Gasteiger partial charge on any atom is 0.416 e. The quantitative estimate of drug-likeness (QED) is 0.678. The zero-order chi connectivity index (χ0) is 22.7. The number of esters is 1. The molecule has 1 fully saturated rings. The van der Waals surface area contributed by atoms with Crippen LogP contribution in [0, 0.1) is 0 Å². The summed E-state index contributed by atoms with van der Waals surface area (Å²) < 4.78 is 50.0. The number of hydrogen-bond acceptors (Lipinski definition) is 6. The van der Waals surface area contributed by atoms with Gasteiger partial charge in [0.05, 0.1) is 30.2 Å². The van der Waals surface area contributed by atoms with Gasteiger partial charge in [0.2, 0.25) is 0 Å². The second-order valence-electron chi connectivity index (χ2n) is 7.40. The lowest BCUT2D eigenvalue weighted by Crippen LogP contribution is -2.37. The highest BCUT2D eigenvalue weighted by Crippen LogP contribution is 2.38. The zero-order valence-corrected chi connectivity index (χ0v) is 17.8. The van der Waals surface area contributed by atoms with Crippen molar-refractivity contribution in [1.29, 1.82) is 0 Å². The molecule has 0 radical (unpaired) electrons. The van der Waals surface area contributed by atoms with Gasteiger partial charge in [-0.15, -0.1) is 11.8 Å². The number of amides is 1. The van der Waals surface area contributed by atoms with Crippen molar-refractivity contribution in [3.63, 3.8) is 0 Å². The van der Waals surface area contributed by atoms with E-state index in [0.717, 1.165) is 22.6 Å². The molecule has 32 heavy (non-hydrogen) atoms. The maximum absolute atomic E-state index is 13.2. The number of anilines is 2. The number of hydrogen-bond donors (Lipinski definition) is 1. The van der Waals surface area contributed by atoms with E-state index in [0.29, 0.717) is 38.4 Å². The predicted molar refractivity (Wildman–Crippen MR) is 114 cm³/mol. The number of alkyl halides is 3. The summed E-state index contributed by atoms with van der Waals surface area (Å²) in [5.41, 5.74) is 0.651. The summed E-state index contributed by atoms with van der Waals surface area (Å²) in [6.45, 7) is 1.28. The summed E-state index contributed by atoms with van der Waals surface area (Å²) in [4.78, 5) is 27.6. The van der Waals surface area contributed by atoms with E-state index < -0.39 is 35.5 Å². The Labute approximate surface area is 187 Å². The van der Waals surface area contributed by atoms with Crippen LogP contribution >= 0.6 is 11.8 Å². The van der Waals surface area contributed by atoms with Crippen molar-refractivity contribution in [1.82, 2.24) is 0 Å². The molecule has 170 valence electrons. The minimum Gasteiger partial charge on any atom is -0.455 e. The molecule has 4 rings (SSSR count). The molecule has 2 aliphatic heterocycles. The van der Waals surface area contributed by atoms with Crippen molar-refractivity contribution in [3.05, 3.63) is 53.6 Å². The third kappa shape index (κ3) is 5.18. The van der Waals surface area contributed by atoms with Gasteiger partial charge in [-0.2, -0.15) is 13.2 Å². The molecular weight excluding hydrogens is 445 g/mol. The summed E-state index contributed by atoms with van der Waals surface area (Å²) in [6.07, 6.45) is -4.04. The van der Waals surface area contributed by atoms with Crippen LogP contribution in [0.2, 0.25) is 0 Å². The molecule has 1 saturated heterocycles. The van der Waals surface area contributed by atoms with E-state index in [-0.39, 0.29) is 5.69 Å². The van der Waals surface area contributed by atoms with Crippen LogP contribution in [-0.2, 0) is 31.7 Å². The molecule has 2 heterocycles. The van der Waals surface area contributed by atoms with Crippen molar-refractivity contribution in [2.24, 2.45) is 0 Å². The molecule has 0 saturated carbocycles. The third-order valence-corrected chi connectivity index (χ3v) is 6.50. The summed E-state index contributed by atoms with van der Waals surface area (Å²) in [5, 5.41) is 2.03. The highest BCUT2D eigenvalue weighted by atomic mass is 32.2. The van der Waals surface area contributed by atoms with Gasteiger partial charge in [0, 0.05) is 18.0 Å². The number of benzene rings is 2.